The molecule has 0 bridgehead atoms. The Kier molecular flexibility index (Phi) is 3.38. The number of hydrogen-bond acceptors (Lipinski definition) is 4. The Labute approximate surface area is 136 Å². The van der Waals surface area contributed by atoms with Crippen LogP contribution in [0.4, 0.5) is 4.39 Å². The van der Waals surface area contributed by atoms with Crippen molar-refractivity contribution < 1.29 is 4.39 Å². The standard InChI is InChI=1S/C15H13FN6S/c16-10-4-1-3-9(7-10)8-17-22-14(20-21-15(22)23)13-11-5-2-6-12(11)18-19-13/h1,3-4,7-8H,2,5-6H2,(H,18,19)(H,21,23)/b17-8-. The maximum atomic E-state index is 13.2. The number of nitrogens with one attached hydrogen (secondary N) is 2. The van der Waals surface area contributed by atoms with Gasteiger partial charge in [-0.15, -0.1) is 0 Å². The van der Waals surface area contributed by atoms with Crippen molar-refractivity contribution in [1.29, 1.82) is 0 Å². The van der Waals surface area contributed by atoms with Crippen molar-refractivity contribution in [3.8, 4) is 11.5 Å². The molecule has 23 heavy (non-hydrogen) atoms. The molecular formula is C15H13FN6S. The second-order valence-corrected chi connectivity index (χ2v) is 5.73. The van der Waals surface area contributed by atoms with Crippen LogP contribution in [-0.4, -0.2) is 31.3 Å². The molecule has 0 saturated carbocycles. The van der Waals surface area contributed by atoms with Crippen molar-refractivity contribution in [2.24, 2.45) is 5.10 Å². The Morgan fingerprint density at radius 3 is 3.04 bits per heavy atom. The summed E-state index contributed by atoms with van der Waals surface area (Å²) in [5.41, 5.74) is 3.73. The van der Waals surface area contributed by atoms with Crippen LogP contribution in [0.25, 0.3) is 11.5 Å². The Bertz CT molecular complexity index is 951. The predicted molar refractivity (Wildman–Crippen MR) is 86.4 cm³/mol. The summed E-state index contributed by atoms with van der Waals surface area (Å²) in [5.74, 6) is 0.247. The summed E-state index contributed by atoms with van der Waals surface area (Å²) in [4.78, 5) is 0. The van der Waals surface area contributed by atoms with Gasteiger partial charge in [-0.25, -0.2) is 9.49 Å². The van der Waals surface area contributed by atoms with Gasteiger partial charge in [0, 0.05) is 11.3 Å². The number of nitrogens with zero attached hydrogens (tertiary/aromatic N) is 4. The lowest BCUT2D eigenvalue weighted by Gasteiger charge is -2.00. The topological polar surface area (TPSA) is 74.7 Å². The highest BCUT2D eigenvalue weighted by Gasteiger charge is 2.23. The molecule has 0 atom stereocenters. The van der Waals surface area contributed by atoms with Crippen LogP contribution >= 0.6 is 12.2 Å². The van der Waals surface area contributed by atoms with E-state index in [9.17, 15) is 4.39 Å². The van der Waals surface area contributed by atoms with Gasteiger partial charge in [0.1, 0.15) is 11.5 Å². The fourth-order valence-electron chi connectivity index (χ4n) is 2.77. The molecule has 8 heteroatoms. The smallest absolute Gasteiger partial charge is 0.216 e. The van der Waals surface area contributed by atoms with Crippen molar-refractivity contribution in [3.63, 3.8) is 0 Å². The van der Waals surface area contributed by atoms with Crippen molar-refractivity contribution in [1.82, 2.24) is 25.1 Å². The fraction of sp³-hybridized carbons (Fsp3) is 0.200. The Morgan fingerprint density at radius 2 is 2.17 bits per heavy atom. The molecule has 1 aliphatic rings. The summed E-state index contributed by atoms with van der Waals surface area (Å²) in [6.45, 7) is 0. The third kappa shape index (κ3) is 2.50. The van der Waals surface area contributed by atoms with E-state index >= 15 is 0 Å². The quantitative estimate of drug-likeness (QED) is 0.573. The molecule has 0 amide bonds. The van der Waals surface area contributed by atoms with Crippen LogP contribution in [0.15, 0.2) is 29.4 Å². The lowest BCUT2D eigenvalue weighted by Crippen LogP contribution is -1.97. The third-order valence-corrected chi connectivity index (χ3v) is 4.10. The van der Waals surface area contributed by atoms with Gasteiger partial charge in [0.15, 0.2) is 0 Å². The molecule has 1 aromatic carbocycles. The molecular weight excluding hydrogens is 315 g/mol. The number of aromatic amines is 2. The molecule has 0 fully saturated rings. The highest BCUT2D eigenvalue weighted by molar-refractivity contribution is 7.71. The number of halogens is 1. The van der Waals surface area contributed by atoms with Crippen molar-refractivity contribution in [2.45, 2.75) is 19.3 Å². The maximum Gasteiger partial charge on any atom is 0.216 e. The molecule has 2 heterocycles. The molecule has 0 spiro atoms. The van der Waals surface area contributed by atoms with Gasteiger partial charge in [-0.2, -0.15) is 20.0 Å². The van der Waals surface area contributed by atoms with E-state index in [0.717, 1.165) is 30.7 Å². The first-order valence-corrected chi connectivity index (χ1v) is 7.67. The van der Waals surface area contributed by atoms with Gasteiger partial charge in [0.05, 0.1) is 6.21 Å². The summed E-state index contributed by atoms with van der Waals surface area (Å²) in [5, 5.41) is 18.7. The van der Waals surface area contributed by atoms with E-state index < -0.39 is 0 Å². The van der Waals surface area contributed by atoms with Crippen LogP contribution in [0.3, 0.4) is 0 Å². The SMILES string of the molecule is Fc1cccc(/C=N\n2c(-c3n[nH]c4c3CCC4)n[nH]c2=S)c1. The molecule has 2 N–H and O–H groups in total. The summed E-state index contributed by atoms with van der Waals surface area (Å²) < 4.78 is 15.1. The van der Waals surface area contributed by atoms with Crippen molar-refractivity contribution >= 4 is 18.4 Å². The minimum Gasteiger partial charge on any atom is -0.282 e. The third-order valence-electron chi connectivity index (χ3n) is 3.84. The van der Waals surface area contributed by atoms with Crippen molar-refractivity contribution in [3.05, 3.63) is 51.7 Å². The van der Waals surface area contributed by atoms with Crippen LogP contribution in [-0.2, 0) is 12.8 Å². The second-order valence-electron chi connectivity index (χ2n) is 5.35. The van der Waals surface area contributed by atoms with Gasteiger partial charge in [0.25, 0.3) is 0 Å². The molecule has 0 radical (unpaired) electrons. The number of aromatic nitrogens is 5. The zero-order valence-electron chi connectivity index (χ0n) is 12.1. The normalized spacial score (nSPS) is 13.8. The molecule has 1 aliphatic carbocycles. The summed E-state index contributed by atoms with van der Waals surface area (Å²) in [7, 11) is 0. The van der Waals surface area contributed by atoms with E-state index in [1.807, 2.05) is 0 Å². The van der Waals surface area contributed by atoms with E-state index in [1.165, 1.54) is 22.4 Å². The largest absolute Gasteiger partial charge is 0.282 e. The zero-order valence-corrected chi connectivity index (χ0v) is 12.9. The summed E-state index contributed by atoms with van der Waals surface area (Å²) in [6.07, 6.45) is 4.62. The van der Waals surface area contributed by atoms with Crippen molar-refractivity contribution in [2.75, 3.05) is 0 Å². The van der Waals surface area contributed by atoms with Crippen LogP contribution in [0, 0.1) is 10.6 Å². The van der Waals surface area contributed by atoms with E-state index in [0.29, 0.717) is 16.2 Å². The molecule has 6 nitrogen and oxygen atoms in total. The van der Waals surface area contributed by atoms with Crippen LogP contribution < -0.4 is 0 Å². The number of benzene rings is 1. The number of hydrogen-bond donors (Lipinski definition) is 2. The Hall–Kier alpha value is -2.61. The van der Waals surface area contributed by atoms with Crippen LogP contribution in [0.5, 0.6) is 0 Å². The fourth-order valence-corrected chi connectivity index (χ4v) is 2.95. The molecule has 4 rings (SSSR count). The molecule has 3 aromatic rings. The zero-order chi connectivity index (χ0) is 15.8. The average Bonchev–Trinajstić information content (AvgIpc) is 3.21. The van der Waals surface area contributed by atoms with E-state index in [-0.39, 0.29) is 5.82 Å². The highest BCUT2D eigenvalue weighted by Crippen LogP contribution is 2.29. The molecule has 2 aromatic heterocycles. The lowest BCUT2D eigenvalue weighted by atomic mass is 10.2. The number of fused-ring (bicyclic) bond motifs is 1. The van der Waals surface area contributed by atoms with E-state index in [2.05, 4.69) is 25.5 Å². The Morgan fingerprint density at radius 1 is 1.26 bits per heavy atom. The van der Waals surface area contributed by atoms with Crippen LogP contribution in [0.1, 0.15) is 23.2 Å². The highest BCUT2D eigenvalue weighted by atomic mass is 32.1. The first-order chi connectivity index (χ1) is 11.2. The van der Waals surface area contributed by atoms with Gasteiger partial charge in [-0.1, -0.05) is 12.1 Å². The first-order valence-electron chi connectivity index (χ1n) is 7.26. The number of H-pyrrole nitrogens is 2. The van der Waals surface area contributed by atoms with Crippen LogP contribution in [0.2, 0.25) is 0 Å². The predicted octanol–water partition coefficient (Wildman–Crippen LogP) is 2.84. The molecule has 116 valence electrons. The summed E-state index contributed by atoms with van der Waals surface area (Å²) in [6, 6.07) is 6.19. The first kappa shape index (κ1) is 14.0. The van der Waals surface area contributed by atoms with Gasteiger partial charge >= 0.3 is 0 Å². The lowest BCUT2D eigenvalue weighted by molar-refractivity contribution is 0.627. The molecule has 0 saturated heterocycles. The van der Waals surface area contributed by atoms with Gasteiger partial charge < -0.3 is 0 Å². The van der Waals surface area contributed by atoms with Gasteiger partial charge in [-0.05, 0) is 49.2 Å². The summed E-state index contributed by atoms with van der Waals surface area (Å²) >= 11 is 5.24. The average molecular weight is 328 g/mol. The van der Waals surface area contributed by atoms with Gasteiger partial charge in [-0.3, -0.25) is 5.10 Å². The minimum absolute atomic E-state index is 0.310. The van der Waals surface area contributed by atoms with Gasteiger partial charge in [0.2, 0.25) is 10.6 Å². The number of aryl methyl sites for hydroxylation is 1. The van der Waals surface area contributed by atoms with E-state index in [4.69, 9.17) is 12.2 Å². The maximum absolute atomic E-state index is 13.2. The minimum atomic E-state index is -0.310. The second kappa shape index (κ2) is 5.54. The molecule has 0 unspecified atom stereocenters. The van der Waals surface area contributed by atoms with E-state index in [1.54, 1.807) is 18.3 Å². The molecule has 0 aliphatic heterocycles. The number of rotatable bonds is 3. The Balaban J connectivity index is 1.75. The monoisotopic (exact) mass is 328 g/mol.